The first-order chi connectivity index (χ1) is 19.7. The molecule has 0 atom stereocenters. The monoisotopic (exact) mass is 564 g/mol. The quantitative estimate of drug-likeness (QED) is 0.262. The maximum atomic E-state index is 13.4. The van der Waals surface area contributed by atoms with Gasteiger partial charge in [0.2, 0.25) is 0 Å². The van der Waals surface area contributed by atoms with Crippen LogP contribution in [0, 0.1) is 0 Å². The van der Waals surface area contributed by atoms with E-state index < -0.39 is 17.8 Å². The number of anilines is 3. The molecular weight excluding hydrogens is 541 g/mol. The molecule has 0 unspecified atom stereocenters. The average molecular weight is 565 g/mol. The van der Waals surface area contributed by atoms with Crippen LogP contribution in [0.15, 0.2) is 67.1 Å². The molecule has 0 aliphatic heterocycles. The lowest BCUT2D eigenvalue weighted by molar-refractivity contribution is -0.141. The van der Waals surface area contributed by atoms with Gasteiger partial charge in [-0.1, -0.05) is 18.2 Å². The summed E-state index contributed by atoms with van der Waals surface area (Å²) in [6, 6.07) is 14.1. The number of hydrogen-bond donors (Lipinski definition) is 2. The number of rotatable bonds is 9. The molecular formula is C27H23F3N8O3. The Morgan fingerprint density at radius 1 is 1.00 bits per heavy atom. The third-order valence-electron chi connectivity index (χ3n) is 5.81. The highest BCUT2D eigenvalue weighted by Gasteiger charge is 2.32. The number of carbonyl (C=O) groups excluding carboxylic acids is 1. The standard InChI is InChI=1S/C27H23F3N8O3/c1-40-14-22(39)35-21-12-17(10-11-31-21)33-25-23-26(38(15-32-23)13-16-6-8-18(41-2)9-7-16)37-24(36-25)19-4-3-5-20(34-19)27(28,29)30/h3-12,15H,13-14H2,1-2H3,(H2,31,33,35,36,37,39). The minimum atomic E-state index is -4.64. The summed E-state index contributed by atoms with van der Waals surface area (Å²) >= 11 is 0. The lowest BCUT2D eigenvalue weighted by Crippen LogP contribution is -2.17. The topological polar surface area (TPSA) is 129 Å². The fourth-order valence-corrected chi connectivity index (χ4v) is 3.93. The van der Waals surface area contributed by atoms with E-state index in [1.165, 1.54) is 25.4 Å². The first-order valence-corrected chi connectivity index (χ1v) is 12.2. The third kappa shape index (κ3) is 6.38. The van der Waals surface area contributed by atoms with E-state index in [2.05, 4.69) is 35.6 Å². The number of fused-ring (bicyclic) bond motifs is 1. The number of hydrogen-bond acceptors (Lipinski definition) is 9. The second kappa shape index (κ2) is 11.6. The Morgan fingerprint density at radius 3 is 2.54 bits per heavy atom. The first-order valence-electron chi connectivity index (χ1n) is 12.2. The number of amides is 1. The van der Waals surface area contributed by atoms with Gasteiger partial charge in [-0.05, 0) is 35.9 Å². The Hall–Kier alpha value is -5.11. The number of imidazole rings is 1. The maximum absolute atomic E-state index is 13.4. The molecule has 0 fully saturated rings. The molecule has 0 radical (unpaired) electrons. The van der Waals surface area contributed by atoms with E-state index in [9.17, 15) is 18.0 Å². The second-order valence-corrected chi connectivity index (χ2v) is 8.73. The zero-order valence-electron chi connectivity index (χ0n) is 21.8. The molecule has 4 aromatic heterocycles. The number of nitrogens with zero attached hydrogens (tertiary/aromatic N) is 6. The van der Waals surface area contributed by atoms with Gasteiger partial charge in [0.05, 0.1) is 20.0 Å². The van der Waals surface area contributed by atoms with Crippen LogP contribution in [0.1, 0.15) is 11.3 Å². The van der Waals surface area contributed by atoms with Gasteiger partial charge in [0.25, 0.3) is 5.91 Å². The van der Waals surface area contributed by atoms with Crippen LogP contribution in [0.5, 0.6) is 5.75 Å². The summed E-state index contributed by atoms with van der Waals surface area (Å²) in [6.45, 7) is 0.224. The summed E-state index contributed by atoms with van der Waals surface area (Å²) in [5, 5.41) is 5.73. The SMILES string of the molecule is COCC(=O)Nc1cc(Nc2nc(-c3cccc(C(F)(F)F)n3)nc3c2ncn3Cc2ccc(OC)cc2)ccn1. The van der Waals surface area contributed by atoms with Crippen molar-refractivity contribution in [1.82, 2.24) is 29.5 Å². The summed E-state index contributed by atoms with van der Waals surface area (Å²) in [7, 11) is 2.97. The van der Waals surface area contributed by atoms with E-state index in [4.69, 9.17) is 9.47 Å². The normalized spacial score (nSPS) is 11.4. The van der Waals surface area contributed by atoms with Gasteiger partial charge in [0.15, 0.2) is 22.8 Å². The molecule has 0 saturated heterocycles. The van der Waals surface area contributed by atoms with Crippen molar-refractivity contribution in [3.05, 3.63) is 78.4 Å². The Bertz CT molecular complexity index is 1690. The highest BCUT2D eigenvalue weighted by Crippen LogP contribution is 2.31. The van der Waals surface area contributed by atoms with Crippen LogP contribution in [-0.4, -0.2) is 56.2 Å². The summed E-state index contributed by atoms with van der Waals surface area (Å²) in [6.07, 6.45) is -1.60. The van der Waals surface area contributed by atoms with Crippen LogP contribution in [0.2, 0.25) is 0 Å². The molecule has 1 amide bonds. The van der Waals surface area contributed by atoms with E-state index in [-0.39, 0.29) is 29.8 Å². The molecule has 41 heavy (non-hydrogen) atoms. The Kier molecular flexibility index (Phi) is 7.74. The molecule has 0 aliphatic rings. The maximum Gasteiger partial charge on any atom is 0.433 e. The Balaban J connectivity index is 1.57. The Labute approximate surface area is 231 Å². The van der Waals surface area contributed by atoms with Crippen LogP contribution < -0.4 is 15.4 Å². The lowest BCUT2D eigenvalue weighted by atomic mass is 10.2. The number of ether oxygens (including phenoxy) is 2. The van der Waals surface area contributed by atoms with Crippen LogP contribution in [0.3, 0.4) is 0 Å². The molecule has 2 N–H and O–H groups in total. The van der Waals surface area contributed by atoms with Gasteiger partial charge in [0.1, 0.15) is 29.6 Å². The molecule has 210 valence electrons. The lowest BCUT2D eigenvalue weighted by Gasteiger charge is -2.12. The van der Waals surface area contributed by atoms with E-state index in [1.807, 2.05) is 24.3 Å². The predicted octanol–water partition coefficient (Wildman–Crippen LogP) is 4.69. The van der Waals surface area contributed by atoms with Crippen molar-refractivity contribution >= 4 is 34.4 Å². The summed E-state index contributed by atoms with van der Waals surface area (Å²) < 4.78 is 52.0. The molecule has 11 nitrogen and oxygen atoms in total. The largest absolute Gasteiger partial charge is 0.497 e. The summed E-state index contributed by atoms with van der Waals surface area (Å²) in [4.78, 5) is 33.3. The van der Waals surface area contributed by atoms with Crippen molar-refractivity contribution in [3.63, 3.8) is 0 Å². The van der Waals surface area contributed by atoms with Gasteiger partial charge >= 0.3 is 6.18 Å². The van der Waals surface area contributed by atoms with E-state index >= 15 is 0 Å². The highest BCUT2D eigenvalue weighted by molar-refractivity contribution is 5.92. The molecule has 0 saturated carbocycles. The number of halogens is 3. The van der Waals surface area contributed by atoms with Gasteiger partial charge in [-0.2, -0.15) is 13.2 Å². The van der Waals surface area contributed by atoms with Crippen LogP contribution in [0.4, 0.5) is 30.5 Å². The molecule has 5 rings (SSSR count). The fraction of sp³-hybridized carbons (Fsp3) is 0.185. The molecule has 0 bridgehead atoms. The Morgan fingerprint density at radius 2 is 1.80 bits per heavy atom. The van der Waals surface area contributed by atoms with Crippen molar-refractivity contribution in [2.45, 2.75) is 12.7 Å². The van der Waals surface area contributed by atoms with Gasteiger partial charge < -0.3 is 24.7 Å². The van der Waals surface area contributed by atoms with Crippen molar-refractivity contribution in [1.29, 1.82) is 0 Å². The fourth-order valence-electron chi connectivity index (χ4n) is 3.93. The van der Waals surface area contributed by atoms with Gasteiger partial charge in [-0.15, -0.1) is 0 Å². The average Bonchev–Trinajstić information content (AvgIpc) is 3.36. The van der Waals surface area contributed by atoms with Gasteiger partial charge in [0, 0.05) is 25.1 Å². The molecule has 5 aromatic rings. The highest BCUT2D eigenvalue weighted by atomic mass is 19.4. The van der Waals surface area contributed by atoms with Crippen LogP contribution in [-0.2, 0) is 22.3 Å². The molecule has 1 aromatic carbocycles. The minimum absolute atomic E-state index is 0.0368. The summed E-state index contributed by atoms with van der Waals surface area (Å²) in [5.74, 6) is 0.748. The minimum Gasteiger partial charge on any atom is -0.497 e. The first kappa shape index (κ1) is 27.5. The van der Waals surface area contributed by atoms with Crippen molar-refractivity contribution in [2.24, 2.45) is 0 Å². The van der Waals surface area contributed by atoms with Crippen molar-refractivity contribution in [3.8, 4) is 17.3 Å². The smallest absolute Gasteiger partial charge is 0.433 e. The number of benzene rings is 1. The van der Waals surface area contributed by atoms with E-state index in [0.717, 1.165) is 11.6 Å². The summed E-state index contributed by atoms with van der Waals surface area (Å²) in [5.41, 5.74) is 1.02. The molecule has 0 spiro atoms. The van der Waals surface area contributed by atoms with Crippen LogP contribution in [0.25, 0.3) is 22.7 Å². The number of nitrogens with one attached hydrogen (secondary N) is 2. The van der Waals surface area contributed by atoms with Crippen LogP contribution >= 0.6 is 0 Å². The number of pyridine rings is 2. The van der Waals surface area contributed by atoms with E-state index in [0.29, 0.717) is 29.1 Å². The number of alkyl halides is 3. The van der Waals surface area contributed by atoms with Crippen molar-refractivity contribution < 1.29 is 27.4 Å². The molecule has 0 aliphatic carbocycles. The second-order valence-electron chi connectivity index (χ2n) is 8.73. The zero-order valence-corrected chi connectivity index (χ0v) is 21.8. The predicted molar refractivity (Wildman–Crippen MR) is 144 cm³/mol. The molecule has 4 heterocycles. The number of carbonyl (C=O) groups is 1. The van der Waals surface area contributed by atoms with Gasteiger partial charge in [-0.3, -0.25) is 4.79 Å². The number of aromatic nitrogens is 6. The third-order valence-corrected chi connectivity index (χ3v) is 5.81. The number of methoxy groups -OCH3 is 2. The van der Waals surface area contributed by atoms with Crippen molar-refractivity contribution in [2.75, 3.05) is 31.5 Å². The van der Waals surface area contributed by atoms with E-state index in [1.54, 1.807) is 30.1 Å². The molecule has 14 heteroatoms. The van der Waals surface area contributed by atoms with Gasteiger partial charge in [-0.25, -0.2) is 24.9 Å². The zero-order chi connectivity index (χ0) is 29.0.